The van der Waals surface area contributed by atoms with Gasteiger partial charge < -0.3 is 15.5 Å². The highest BCUT2D eigenvalue weighted by molar-refractivity contribution is 9.10. The van der Waals surface area contributed by atoms with Gasteiger partial charge in [0, 0.05) is 24.1 Å². The summed E-state index contributed by atoms with van der Waals surface area (Å²) >= 11 is 3.40. The monoisotopic (exact) mass is 365 g/mol. The first kappa shape index (κ1) is 15.5. The van der Waals surface area contributed by atoms with E-state index in [9.17, 15) is 9.59 Å². The smallest absolute Gasteiger partial charge is 0.247 e. The normalized spacial score (nSPS) is 28.5. The van der Waals surface area contributed by atoms with E-state index in [0.717, 1.165) is 16.6 Å². The molecule has 5 nitrogen and oxygen atoms in total. The van der Waals surface area contributed by atoms with Crippen molar-refractivity contribution in [1.82, 2.24) is 15.5 Å². The summed E-state index contributed by atoms with van der Waals surface area (Å²) in [5, 5.41) is 6.13. The molecule has 2 saturated heterocycles. The molecule has 0 saturated carbocycles. The van der Waals surface area contributed by atoms with Gasteiger partial charge in [-0.1, -0.05) is 35.0 Å². The van der Waals surface area contributed by atoms with Crippen molar-refractivity contribution in [3.8, 4) is 0 Å². The summed E-state index contributed by atoms with van der Waals surface area (Å²) in [6.45, 7) is 4.73. The average Bonchev–Trinajstić information content (AvgIpc) is 2.93. The van der Waals surface area contributed by atoms with Crippen molar-refractivity contribution < 1.29 is 9.59 Å². The Morgan fingerprint density at radius 3 is 2.64 bits per heavy atom. The molecule has 0 spiro atoms. The van der Waals surface area contributed by atoms with Gasteiger partial charge in [-0.2, -0.15) is 0 Å². The molecular weight excluding hydrogens is 346 g/mol. The van der Waals surface area contributed by atoms with Crippen LogP contribution in [0.1, 0.15) is 18.5 Å². The maximum absolute atomic E-state index is 12.9. The number of carbonyl (C=O) groups excluding carboxylic acids is 2. The number of carbonyl (C=O) groups is 2. The highest BCUT2D eigenvalue weighted by Gasteiger charge is 2.40. The van der Waals surface area contributed by atoms with Crippen LogP contribution >= 0.6 is 15.9 Å². The van der Waals surface area contributed by atoms with Crippen molar-refractivity contribution >= 4 is 27.7 Å². The van der Waals surface area contributed by atoms with Crippen LogP contribution in [0, 0.1) is 11.8 Å². The lowest BCUT2D eigenvalue weighted by molar-refractivity contribution is -0.147. The van der Waals surface area contributed by atoms with E-state index >= 15 is 0 Å². The number of piperazine rings is 1. The molecule has 1 unspecified atom stereocenters. The minimum absolute atomic E-state index is 0.0381. The van der Waals surface area contributed by atoms with Gasteiger partial charge in [0.2, 0.25) is 11.8 Å². The van der Waals surface area contributed by atoms with E-state index in [2.05, 4.69) is 33.5 Å². The fraction of sp³-hybridized carbons (Fsp3) is 0.500. The molecule has 22 heavy (non-hydrogen) atoms. The Labute approximate surface area is 138 Å². The fourth-order valence-corrected chi connectivity index (χ4v) is 3.50. The lowest BCUT2D eigenvalue weighted by Crippen LogP contribution is -2.54. The van der Waals surface area contributed by atoms with Crippen molar-refractivity contribution in [3.63, 3.8) is 0 Å². The average molecular weight is 366 g/mol. The Hall–Kier alpha value is -1.40. The van der Waals surface area contributed by atoms with Crippen molar-refractivity contribution in [3.05, 3.63) is 34.3 Å². The number of hydrogen-bond donors (Lipinski definition) is 2. The molecule has 1 aromatic rings. The lowest BCUT2D eigenvalue weighted by atomic mass is 9.94. The number of benzene rings is 1. The molecule has 118 valence electrons. The number of nitrogens with one attached hydrogen (secondary N) is 2. The summed E-state index contributed by atoms with van der Waals surface area (Å²) in [5.41, 5.74) is 0.854. The molecule has 2 fully saturated rings. The Morgan fingerprint density at radius 2 is 2.00 bits per heavy atom. The predicted octanol–water partition coefficient (Wildman–Crippen LogP) is 1.30. The zero-order valence-corrected chi connectivity index (χ0v) is 14.1. The summed E-state index contributed by atoms with van der Waals surface area (Å²) in [4.78, 5) is 27.0. The van der Waals surface area contributed by atoms with Crippen LogP contribution in [-0.4, -0.2) is 42.9 Å². The Balaban J connectivity index is 1.88. The van der Waals surface area contributed by atoms with Crippen molar-refractivity contribution in [2.24, 2.45) is 11.8 Å². The van der Waals surface area contributed by atoms with E-state index in [1.807, 2.05) is 24.3 Å². The summed E-state index contributed by atoms with van der Waals surface area (Å²) in [6.07, 6.45) is 0. The zero-order chi connectivity index (χ0) is 15.7. The second-order valence-electron chi connectivity index (χ2n) is 6.02. The van der Waals surface area contributed by atoms with E-state index in [0.29, 0.717) is 25.6 Å². The summed E-state index contributed by atoms with van der Waals surface area (Å²) in [7, 11) is 0. The Kier molecular flexibility index (Phi) is 4.49. The zero-order valence-electron chi connectivity index (χ0n) is 12.5. The highest BCUT2D eigenvalue weighted by atomic mass is 79.9. The van der Waals surface area contributed by atoms with Crippen molar-refractivity contribution in [2.45, 2.75) is 13.0 Å². The maximum atomic E-state index is 12.9. The molecule has 2 aliphatic heterocycles. The molecule has 0 bridgehead atoms. The highest BCUT2D eigenvalue weighted by Crippen LogP contribution is 2.28. The van der Waals surface area contributed by atoms with Gasteiger partial charge in [-0.15, -0.1) is 0 Å². The predicted molar refractivity (Wildman–Crippen MR) is 87.1 cm³/mol. The van der Waals surface area contributed by atoms with Crippen LogP contribution in [-0.2, 0) is 9.59 Å². The second kappa shape index (κ2) is 6.38. The third kappa shape index (κ3) is 2.90. The lowest BCUT2D eigenvalue weighted by Gasteiger charge is -2.37. The van der Waals surface area contributed by atoms with Crippen LogP contribution < -0.4 is 10.6 Å². The van der Waals surface area contributed by atoms with Gasteiger partial charge in [0.15, 0.2) is 0 Å². The topological polar surface area (TPSA) is 61.4 Å². The standard InChI is InChI=1S/C16H20BrN3O2/c1-10-8-18-9-13(10)16(22)20-7-6-19-15(21)14(20)11-2-4-12(17)5-3-11/h2-5,10,13-14,18H,6-9H2,1H3,(H,19,21)/t10-,13-,14?/m1/s1. The molecular formula is C16H20BrN3O2. The van der Waals surface area contributed by atoms with E-state index in [1.54, 1.807) is 4.90 Å². The molecule has 6 heteroatoms. The molecule has 2 aliphatic rings. The van der Waals surface area contributed by atoms with Crippen LogP contribution in [0.4, 0.5) is 0 Å². The fourth-order valence-electron chi connectivity index (χ4n) is 3.23. The first-order valence-corrected chi connectivity index (χ1v) is 8.41. The van der Waals surface area contributed by atoms with E-state index in [1.165, 1.54) is 0 Å². The van der Waals surface area contributed by atoms with Crippen LogP contribution in [0.5, 0.6) is 0 Å². The number of nitrogens with zero attached hydrogens (tertiary/aromatic N) is 1. The van der Waals surface area contributed by atoms with E-state index in [4.69, 9.17) is 0 Å². The third-order valence-electron chi connectivity index (χ3n) is 4.52. The van der Waals surface area contributed by atoms with Gasteiger partial charge in [-0.25, -0.2) is 0 Å². The molecule has 3 atom stereocenters. The Bertz CT molecular complexity index is 575. The number of amides is 2. The molecule has 3 rings (SSSR count). The second-order valence-corrected chi connectivity index (χ2v) is 6.93. The van der Waals surface area contributed by atoms with Gasteiger partial charge in [-0.05, 0) is 30.2 Å². The summed E-state index contributed by atoms with van der Waals surface area (Å²) in [6, 6.07) is 7.08. The van der Waals surface area contributed by atoms with E-state index in [-0.39, 0.29) is 17.7 Å². The van der Waals surface area contributed by atoms with Crippen molar-refractivity contribution in [1.29, 1.82) is 0 Å². The first-order valence-electron chi connectivity index (χ1n) is 7.62. The van der Waals surface area contributed by atoms with Crippen LogP contribution in [0.25, 0.3) is 0 Å². The third-order valence-corrected chi connectivity index (χ3v) is 5.04. The number of halogens is 1. The molecule has 2 heterocycles. The van der Waals surface area contributed by atoms with Crippen LogP contribution in [0.15, 0.2) is 28.7 Å². The molecule has 0 aliphatic carbocycles. The first-order chi connectivity index (χ1) is 10.6. The van der Waals surface area contributed by atoms with Gasteiger partial charge in [0.25, 0.3) is 0 Å². The maximum Gasteiger partial charge on any atom is 0.247 e. The largest absolute Gasteiger partial charge is 0.352 e. The van der Waals surface area contributed by atoms with Crippen LogP contribution in [0.2, 0.25) is 0 Å². The number of rotatable bonds is 2. The molecule has 0 aromatic heterocycles. The quantitative estimate of drug-likeness (QED) is 0.830. The molecule has 1 aromatic carbocycles. The molecule has 2 amide bonds. The SMILES string of the molecule is C[C@@H]1CNC[C@H]1C(=O)N1CCNC(=O)C1c1ccc(Br)cc1. The van der Waals surface area contributed by atoms with Gasteiger partial charge in [0.1, 0.15) is 6.04 Å². The summed E-state index contributed by atoms with van der Waals surface area (Å²) in [5.74, 6) is 0.257. The molecule has 2 N–H and O–H groups in total. The number of hydrogen-bond acceptors (Lipinski definition) is 3. The minimum Gasteiger partial charge on any atom is -0.352 e. The van der Waals surface area contributed by atoms with Crippen molar-refractivity contribution in [2.75, 3.05) is 26.2 Å². The van der Waals surface area contributed by atoms with E-state index < -0.39 is 6.04 Å². The van der Waals surface area contributed by atoms with Gasteiger partial charge >= 0.3 is 0 Å². The van der Waals surface area contributed by atoms with Gasteiger partial charge in [-0.3, -0.25) is 9.59 Å². The van der Waals surface area contributed by atoms with Gasteiger partial charge in [0.05, 0.1) is 5.92 Å². The van der Waals surface area contributed by atoms with Crippen LogP contribution in [0.3, 0.4) is 0 Å². The molecule has 0 radical (unpaired) electrons. The Morgan fingerprint density at radius 1 is 1.27 bits per heavy atom. The summed E-state index contributed by atoms with van der Waals surface area (Å²) < 4.78 is 0.957. The minimum atomic E-state index is -0.526.